The molecule has 0 aliphatic carbocycles. The summed E-state index contributed by atoms with van der Waals surface area (Å²) in [6.07, 6.45) is 1.06. The summed E-state index contributed by atoms with van der Waals surface area (Å²) < 4.78 is 0. The van der Waals surface area contributed by atoms with Crippen molar-refractivity contribution < 1.29 is 14.7 Å². The van der Waals surface area contributed by atoms with Gasteiger partial charge in [0.05, 0.1) is 0 Å². The molecule has 0 unspecified atom stereocenters. The molecule has 4 heteroatoms. The molecular formula is C7H11NO3. The van der Waals surface area contributed by atoms with E-state index in [2.05, 4.69) is 18.9 Å². The van der Waals surface area contributed by atoms with E-state index in [0.29, 0.717) is 0 Å². The van der Waals surface area contributed by atoms with Gasteiger partial charge >= 0.3 is 5.97 Å². The zero-order chi connectivity index (χ0) is 9.44. The Labute approximate surface area is 65.0 Å². The van der Waals surface area contributed by atoms with Gasteiger partial charge in [0.2, 0.25) is 5.91 Å². The summed E-state index contributed by atoms with van der Waals surface area (Å²) in [5.74, 6) is -1.42. The molecule has 3 N–H and O–H groups in total. The first-order chi connectivity index (χ1) is 4.91. The lowest BCUT2D eigenvalue weighted by atomic mass is 10.4. The average Bonchev–Trinajstić information content (AvgIpc) is 1.89. The van der Waals surface area contributed by atoms with Gasteiger partial charge in [-0.1, -0.05) is 13.2 Å². The number of carbonyl (C=O) groups is 2. The number of hydrogen-bond donors (Lipinski definition) is 2. The number of hydrogen-bond acceptors (Lipinski definition) is 2. The van der Waals surface area contributed by atoms with Crippen molar-refractivity contribution in [1.29, 1.82) is 0 Å². The molecule has 62 valence electrons. The standard InChI is InChI=1S/C4H6O2.C3H5NO/c1-3(2)4(5)6;1-2-3(4)5/h1H2,2H3,(H,5,6);2H,1H2,(H2,4,5). The SMILES string of the molecule is C=C(C)C(=O)O.C=CC(N)=O. The van der Waals surface area contributed by atoms with Gasteiger partial charge in [-0.15, -0.1) is 0 Å². The van der Waals surface area contributed by atoms with Crippen molar-refractivity contribution in [2.75, 3.05) is 0 Å². The Morgan fingerprint density at radius 2 is 1.73 bits per heavy atom. The summed E-state index contributed by atoms with van der Waals surface area (Å²) in [6, 6.07) is 0. The molecule has 0 aromatic heterocycles. The van der Waals surface area contributed by atoms with E-state index >= 15 is 0 Å². The number of nitrogens with two attached hydrogens (primary N) is 1. The van der Waals surface area contributed by atoms with Crippen molar-refractivity contribution >= 4 is 11.9 Å². The number of amides is 1. The van der Waals surface area contributed by atoms with E-state index < -0.39 is 11.9 Å². The molecule has 0 heterocycles. The minimum atomic E-state index is -0.935. The number of carboxylic acid groups (broad SMARTS) is 1. The first-order valence-corrected chi connectivity index (χ1v) is 2.72. The lowest BCUT2D eigenvalue weighted by Gasteiger charge is -1.79. The second kappa shape index (κ2) is 6.54. The highest BCUT2D eigenvalue weighted by molar-refractivity contribution is 5.85. The molecule has 4 nitrogen and oxygen atoms in total. The van der Waals surface area contributed by atoms with Crippen LogP contribution in [0.1, 0.15) is 6.92 Å². The summed E-state index contributed by atoms with van der Waals surface area (Å²) in [5, 5.41) is 7.89. The Balaban J connectivity index is 0. The van der Waals surface area contributed by atoms with E-state index in [1.54, 1.807) is 0 Å². The Morgan fingerprint density at radius 3 is 1.73 bits per heavy atom. The van der Waals surface area contributed by atoms with Gasteiger partial charge in [-0.2, -0.15) is 0 Å². The van der Waals surface area contributed by atoms with Gasteiger partial charge in [0.15, 0.2) is 0 Å². The molecule has 0 aromatic rings. The highest BCUT2D eigenvalue weighted by atomic mass is 16.4. The molecule has 0 saturated heterocycles. The number of primary amides is 1. The third-order valence-electron chi connectivity index (χ3n) is 0.566. The third-order valence-corrected chi connectivity index (χ3v) is 0.566. The Kier molecular flexibility index (Phi) is 7.21. The highest BCUT2D eigenvalue weighted by Gasteiger charge is 1.90. The fraction of sp³-hybridized carbons (Fsp3) is 0.143. The van der Waals surface area contributed by atoms with Crippen molar-refractivity contribution in [3.63, 3.8) is 0 Å². The molecule has 11 heavy (non-hydrogen) atoms. The molecule has 0 rings (SSSR count). The maximum Gasteiger partial charge on any atom is 0.330 e. The largest absolute Gasteiger partial charge is 0.478 e. The first-order valence-electron chi connectivity index (χ1n) is 2.72. The number of aliphatic carboxylic acids is 1. The van der Waals surface area contributed by atoms with Crippen molar-refractivity contribution in [2.24, 2.45) is 5.73 Å². The number of carboxylic acids is 1. The normalized spacial score (nSPS) is 7.00. The van der Waals surface area contributed by atoms with Gasteiger partial charge in [-0.05, 0) is 13.0 Å². The van der Waals surface area contributed by atoms with Gasteiger partial charge in [0, 0.05) is 5.57 Å². The van der Waals surface area contributed by atoms with E-state index in [4.69, 9.17) is 5.11 Å². The van der Waals surface area contributed by atoms with E-state index in [9.17, 15) is 9.59 Å². The van der Waals surface area contributed by atoms with Crippen LogP contribution in [-0.2, 0) is 9.59 Å². The van der Waals surface area contributed by atoms with Crippen LogP contribution in [0.3, 0.4) is 0 Å². The Bertz CT molecular complexity index is 172. The van der Waals surface area contributed by atoms with E-state index in [0.717, 1.165) is 6.08 Å². The zero-order valence-corrected chi connectivity index (χ0v) is 6.33. The van der Waals surface area contributed by atoms with Crippen molar-refractivity contribution in [3.8, 4) is 0 Å². The summed E-state index contributed by atoms with van der Waals surface area (Å²) in [5.41, 5.74) is 4.71. The molecule has 0 spiro atoms. The van der Waals surface area contributed by atoms with Crippen LogP contribution in [0.2, 0.25) is 0 Å². The molecule has 0 radical (unpaired) electrons. The van der Waals surface area contributed by atoms with Gasteiger partial charge in [-0.3, -0.25) is 4.79 Å². The lowest BCUT2D eigenvalue weighted by Crippen LogP contribution is -2.04. The second-order valence-electron chi connectivity index (χ2n) is 1.69. The van der Waals surface area contributed by atoms with Crippen molar-refractivity contribution in [2.45, 2.75) is 6.92 Å². The third kappa shape index (κ3) is 17.8. The van der Waals surface area contributed by atoms with Crippen LogP contribution in [0.15, 0.2) is 24.8 Å². The highest BCUT2D eigenvalue weighted by Crippen LogP contribution is 1.81. The minimum absolute atomic E-state index is 0.176. The van der Waals surface area contributed by atoms with Crippen LogP contribution in [0.4, 0.5) is 0 Å². The van der Waals surface area contributed by atoms with Crippen LogP contribution in [-0.4, -0.2) is 17.0 Å². The molecular weight excluding hydrogens is 146 g/mol. The van der Waals surface area contributed by atoms with Gasteiger partial charge in [0.1, 0.15) is 0 Å². The van der Waals surface area contributed by atoms with Crippen LogP contribution < -0.4 is 5.73 Å². The number of carbonyl (C=O) groups excluding carboxylic acids is 1. The summed E-state index contributed by atoms with van der Waals surface area (Å²) in [4.78, 5) is 19.1. The smallest absolute Gasteiger partial charge is 0.330 e. The predicted molar refractivity (Wildman–Crippen MR) is 41.8 cm³/mol. The second-order valence-corrected chi connectivity index (χ2v) is 1.69. The monoisotopic (exact) mass is 157 g/mol. The van der Waals surface area contributed by atoms with Crippen LogP contribution in [0, 0.1) is 0 Å². The molecule has 0 atom stereocenters. The van der Waals surface area contributed by atoms with Crippen LogP contribution in [0.5, 0.6) is 0 Å². The van der Waals surface area contributed by atoms with E-state index in [1.807, 2.05) is 0 Å². The maximum absolute atomic E-state index is 9.60. The molecule has 1 amide bonds. The average molecular weight is 157 g/mol. The molecule has 0 aliphatic rings. The molecule has 0 saturated carbocycles. The quantitative estimate of drug-likeness (QED) is 0.566. The van der Waals surface area contributed by atoms with Gasteiger partial charge < -0.3 is 10.8 Å². The lowest BCUT2D eigenvalue weighted by molar-refractivity contribution is -0.132. The fourth-order valence-corrected chi connectivity index (χ4v) is 0. The Hall–Kier alpha value is -1.58. The van der Waals surface area contributed by atoms with E-state index in [-0.39, 0.29) is 5.57 Å². The summed E-state index contributed by atoms with van der Waals surface area (Å²) >= 11 is 0. The van der Waals surface area contributed by atoms with Gasteiger partial charge in [-0.25, -0.2) is 4.79 Å². The first kappa shape index (κ1) is 12.1. The zero-order valence-electron chi connectivity index (χ0n) is 6.33. The summed E-state index contributed by atoms with van der Waals surface area (Å²) in [7, 11) is 0. The topological polar surface area (TPSA) is 80.4 Å². The number of rotatable bonds is 2. The minimum Gasteiger partial charge on any atom is -0.478 e. The van der Waals surface area contributed by atoms with Crippen molar-refractivity contribution in [3.05, 3.63) is 24.8 Å². The summed E-state index contributed by atoms with van der Waals surface area (Å²) in [6.45, 7) is 7.69. The molecule has 0 fully saturated rings. The van der Waals surface area contributed by atoms with Crippen molar-refractivity contribution in [1.82, 2.24) is 0 Å². The predicted octanol–water partition coefficient (Wildman–Crippen LogP) is 0.305. The maximum atomic E-state index is 9.60. The molecule has 0 bridgehead atoms. The van der Waals surface area contributed by atoms with Crippen LogP contribution in [0.25, 0.3) is 0 Å². The van der Waals surface area contributed by atoms with Gasteiger partial charge in [0.25, 0.3) is 0 Å². The molecule has 0 aliphatic heterocycles. The van der Waals surface area contributed by atoms with E-state index in [1.165, 1.54) is 6.92 Å². The van der Waals surface area contributed by atoms with Crippen LogP contribution >= 0.6 is 0 Å². The molecule has 0 aromatic carbocycles. The fourth-order valence-electron chi connectivity index (χ4n) is 0. The Morgan fingerprint density at radius 1 is 1.55 bits per heavy atom.